The summed E-state index contributed by atoms with van der Waals surface area (Å²) in [5, 5.41) is 3.31. The van der Waals surface area contributed by atoms with E-state index in [2.05, 4.69) is 10.2 Å². The number of urea groups is 1. The number of anilines is 1. The largest absolute Gasteiger partial charge is 0.367 e. The second kappa shape index (κ2) is 8.24. The minimum atomic E-state index is -0.664. The van der Waals surface area contributed by atoms with Crippen LogP contribution >= 0.6 is 11.6 Å². The number of para-hydroxylation sites is 1. The van der Waals surface area contributed by atoms with Crippen molar-refractivity contribution < 1.29 is 9.59 Å². The smallest absolute Gasteiger partial charge is 0.312 e. The van der Waals surface area contributed by atoms with Crippen molar-refractivity contribution in [3.63, 3.8) is 0 Å². The Balaban J connectivity index is 2.01. The Labute approximate surface area is 147 Å². The molecule has 2 rings (SSSR count). The third-order valence-electron chi connectivity index (χ3n) is 4.56. The van der Waals surface area contributed by atoms with Crippen LogP contribution in [-0.2, 0) is 4.79 Å². The molecule has 6 nitrogen and oxygen atoms in total. The van der Waals surface area contributed by atoms with Crippen molar-refractivity contribution in [2.45, 2.75) is 26.3 Å². The van der Waals surface area contributed by atoms with Crippen molar-refractivity contribution in [2.75, 3.05) is 31.1 Å². The highest BCUT2D eigenvalue weighted by atomic mass is 35.5. The van der Waals surface area contributed by atoms with Crippen LogP contribution in [0.2, 0.25) is 5.02 Å². The van der Waals surface area contributed by atoms with Gasteiger partial charge in [-0.3, -0.25) is 4.79 Å². The number of nitrogens with zero attached hydrogens (tertiary/aromatic N) is 2. The van der Waals surface area contributed by atoms with Crippen LogP contribution in [0.25, 0.3) is 0 Å². The van der Waals surface area contributed by atoms with Gasteiger partial charge in [0.05, 0.1) is 10.7 Å². The summed E-state index contributed by atoms with van der Waals surface area (Å²) < 4.78 is 0. The maximum Gasteiger partial charge on any atom is 0.312 e. The lowest BCUT2D eigenvalue weighted by atomic mass is 9.97. The molecular weight excluding hydrogens is 328 g/mol. The highest BCUT2D eigenvalue weighted by molar-refractivity contribution is 6.33. The monoisotopic (exact) mass is 352 g/mol. The van der Waals surface area contributed by atoms with E-state index < -0.39 is 12.1 Å². The van der Waals surface area contributed by atoms with E-state index in [0.29, 0.717) is 31.2 Å². The van der Waals surface area contributed by atoms with E-state index in [-0.39, 0.29) is 11.8 Å². The van der Waals surface area contributed by atoms with Gasteiger partial charge in [0.1, 0.15) is 6.04 Å². The SMILES string of the molecule is CC[C@H](C)[C@@H](NC(N)=O)C(=O)N1CCN(c2ccccc2Cl)CC1. The fourth-order valence-corrected chi connectivity index (χ4v) is 3.16. The number of carbonyl (C=O) groups excluding carboxylic acids is 2. The molecule has 0 saturated carbocycles. The quantitative estimate of drug-likeness (QED) is 0.851. The normalized spacial score (nSPS) is 17.3. The Morgan fingerprint density at radius 3 is 2.42 bits per heavy atom. The van der Waals surface area contributed by atoms with E-state index in [0.717, 1.165) is 12.1 Å². The number of carbonyl (C=O) groups is 2. The predicted molar refractivity (Wildman–Crippen MR) is 96.2 cm³/mol. The highest BCUT2D eigenvalue weighted by Gasteiger charge is 2.31. The van der Waals surface area contributed by atoms with Crippen molar-refractivity contribution in [3.05, 3.63) is 29.3 Å². The number of nitrogens with two attached hydrogens (primary N) is 1. The zero-order chi connectivity index (χ0) is 17.7. The number of halogens is 1. The molecular formula is C17H25ClN4O2. The molecule has 1 aliphatic heterocycles. The number of piperazine rings is 1. The van der Waals surface area contributed by atoms with E-state index in [4.69, 9.17) is 17.3 Å². The van der Waals surface area contributed by atoms with Gasteiger partial charge in [0.15, 0.2) is 0 Å². The second-order valence-corrected chi connectivity index (χ2v) is 6.54. The Bertz CT molecular complexity index is 588. The molecule has 0 bridgehead atoms. The first-order valence-corrected chi connectivity index (χ1v) is 8.66. The summed E-state index contributed by atoms with van der Waals surface area (Å²) in [4.78, 5) is 27.9. The first-order chi connectivity index (χ1) is 11.4. The van der Waals surface area contributed by atoms with Gasteiger partial charge in [0.2, 0.25) is 5.91 Å². The Hall–Kier alpha value is -1.95. The lowest BCUT2D eigenvalue weighted by Gasteiger charge is -2.38. The van der Waals surface area contributed by atoms with Crippen LogP contribution in [-0.4, -0.2) is 49.1 Å². The minimum Gasteiger partial charge on any atom is -0.367 e. The van der Waals surface area contributed by atoms with E-state index in [9.17, 15) is 9.59 Å². The molecule has 3 N–H and O–H groups in total. The standard InChI is InChI=1S/C17H25ClN4O2/c1-3-12(2)15(20-17(19)24)16(23)22-10-8-21(9-11-22)14-7-5-4-6-13(14)18/h4-7,12,15H,3,8-11H2,1-2H3,(H3,19,20,24)/t12-,15+/m0/s1. The molecule has 1 aromatic carbocycles. The minimum absolute atomic E-state index is 0.0339. The van der Waals surface area contributed by atoms with Gasteiger partial charge < -0.3 is 20.9 Å². The number of benzene rings is 1. The number of hydrogen-bond acceptors (Lipinski definition) is 3. The maximum absolute atomic E-state index is 12.8. The van der Waals surface area contributed by atoms with Crippen LogP contribution in [0.5, 0.6) is 0 Å². The molecule has 0 unspecified atom stereocenters. The molecule has 24 heavy (non-hydrogen) atoms. The third-order valence-corrected chi connectivity index (χ3v) is 4.88. The Morgan fingerprint density at radius 2 is 1.88 bits per heavy atom. The van der Waals surface area contributed by atoms with Gasteiger partial charge in [-0.15, -0.1) is 0 Å². The van der Waals surface area contributed by atoms with Crippen LogP contribution in [0.3, 0.4) is 0 Å². The summed E-state index contributed by atoms with van der Waals surface area (Å²) in [5.74, 6) is -0.0337. The van der Waals surface area contributed by atoms with E-state index in [1.807, 2.05) is 38.1 Å². The zero-order valence-corrected chi connectivity index (χ0v) is 14.9. The zero-order valence-electron chi connectivity index (χ0n) is 14.2. The third kappa shape index (κ3) is 4.32. The van der Waals surface area contributed by atoms with Crippen molar-refractivity contribution in [1.29, 1.82) is 0 Å². The van der Waals surface area contributed by atoms with Crippen molar-refractivity contribution in [2.24, 2.45) is 11.7 Å². The summed E-state index contributed by atoms with van der Waals surface area (Å²) in [5.41, 5.74) is 6.21. The average molecular weight is 353 g/mol. The molecule has 2 atom stereocenters. The molecule has 1 heterocycles. The molecule has 0 aromatic heterocycles. The fourth-order valence-electron chi connectivity index (χ4n) is 2.91. The van der Waals surface area contributed by atoms with Crippen molar-refractivity contribution >= 4 is 29.2 Å². The van der Waals surface area contributed by atoms with Crippen molar-refractivity contribution in [3.8, 4) is 0 Å². The summed E-state index contributed by atoms with van der Waals surface area (Å²) in [6.07, 6.45) is 0.788. The predicted octanol–water partition coefficient (Wildman–Crippen LogP) is 2.07. The summed E-state index contributed by atoms with van der Waals surface area (Å²) in [6, 6.07) is 6.47. The second-order valence-electron chi connectivity index (χ2n) is 6.14. The number of primary amides is 1. The molecule has 0 aliphatic carbocycles. The molecule has 1 aliphatic rings. The van der Waals surface area contributed by atoms with Gasteiger partial charge in [-0.05, 0) is 18.1 Å². The number of rotatable bonds is 5. The summed E-state index contributed by atoms with van der Waals surface area (Å²) in [6.45, 7) is 6.54. The Kier molecular flexibility index (Phi) is 6.31. The molecule has 3 amide bonds. The van der Waals surface area contributed by atoms with Gasteiger partial charge in [-0.1, -0.05) is 44.0 Å². The molecule has 1 fully saturated rings. The van der Waals surface area contributed by atoms with Gasteiger partial charge in [0, 0.05) is 26.2 Å². The molecule has 1 aromatic rings. The molecule has 1 saturated heterocycles. The molecule has 0 spiro atoms. The van der Waals surface area contributed by atoms with E-state index >= 15 is 0 Å². The Morgan fingerprint density at radius 1 is 1.25 bits per heavy atom. The van der Waals surface area contributed by atoms with Gasteiger partial charge in [0.25, 0.3) is 0 Å². The molecule has 7 heteroatoms. The number of nitrogens with one attached hydrogen (secondary N) is 1. The van der Waals surface area contributed by atoms with Crippen LogP contribution in [0.4, 0.5) is 10.5 Å². The van der Waals surface area contributed by atoms with Crippen LogP contribution < -0.4 is 16.0 Å². The summed E-state index contributed by atoms with van der Waals surface area (Å²) in [7, 11) is 0. The van der Waals surface area contributed by atoms with Gasteiger partial charge in [-0.2, -0.15) is 0 Å². The fraction of sp³-hybridized carbons (Fsp3) is 0.529. The van der Waals surface area contributed by atoms with Crippen LogP contribution in [0.15, 0.2) is 24.3 Å². The van der Waals surface area contributed by atoms with Crippen LogP contribution in [0.1, 0.15) is 20.3 Å². The number of hydrogen-bond donors (Lipinski definition) is 2. The van der Waals surface area contributed by atoms with E-state index in [1.165, 1.54) is 0 Å². The number of amides is 3. The average Bonchev–Trinajstić information content (AvgIpc) is 2.59. The topological polar surface area (TPSA) is 78.7 Å². The molecule has 132 valence electrons. The van der Waals surface area contributed by atoms with Crippen molar-refractivity contribution in [1.82, 2.24) is 10.2 Å². The van der Waals surface area contributed by atoms with Gasteiger partial charge in [-0.25, -0.2) is 4.79 Å². The van der Waals surface area contributed by atoms with Crippen LogP contribution in [0, 0.1) is 5.92 Å². The highest BCUT2D eigenvalue weighted by Crippen LogP contribution is 2.26. The maximum atomic E-state index is 12.8. The summed E-state index contributed by atoms with van der Waals surface area (Å²) >= 11 is 6.24. The van der Waals surface area contributed by atoms with Gasteiger partial charge >= 0.3 is 6.03 Å². The van der Waals surface area contributed by atoms with E-state index in [1.54, 1.807) is 4.90 Å². The first-order valence-electron chi connectivity index (χ1n) is 8.28. The first kappa shape index (κ1) is 18.4. The lowest BCUT2D eigenvalue weighted by Crippen LogP contribution is -2.57. The molecule has 0 radical (unpaired) electrons. The lowest BCUT2D eigenvalue weighted by molar-refractivity contribution is -0.134.